The van der Waals surface area contributed by atoms with Gasteiger partial charge in [0.2, 0.25) is 0 Å². The smallest absolute Gasteiger partial charge is 0.110 e. The molecule has 0 spiro atoms. The van der Waals surface area contributed by atoms with Crippen LogP contribution in [0.15, 0.2) is 36.5 Å². The lowest BCUT2D eigenvalue weighted by Crippen LogP contribution is -2.39. The number of imidazole rings is 1. The van der Waals surface area contributed by atoms with Crippen LogP contribution in [0.25, 0.3) is 11.3 Å². The van der Waals surface area contributed by atoms with E-state index < -0.39 is 0 Å². The van der Waals surface area contributed by atoms with Crippen LogP contribution >= 0.6 is 0 Å². The normalized spacial score (nSPS) is 20.9. The molecule has 0 radical (unpaired) electrons. The number of aliphatic hydroxyl groups is 1. The van der Waals surface area contributed by atoms with Crippen molar-refractivity contribution < 1.29 is 5.11 Å². The molecule has 3 rings (SSSR count). The van der Waals surface area contributed by atoms with Crippen LogP contribution in [0, 0.1) is 0 Å². The van der Waals surface area contributed by atoms with Crippen molar-refractivity contribution in [3.63, 3.8) is 0 Å². The number of piperidine rings is 1. The zero-order valence-corrected chi connectivity index (χ0v) is 13.2. The molecule has 1 aliphatic heterocycles. The number of nitrogens with zero attached hydrogens (tertiary/aromatic N) is 2. The predicted molar refractivity (Wildman–Crippen MR) is 88.7 cm³/mol. The van der Waals surface area contributed by atoms with Gasteiger partial charge in [-0.05, 0) is 31.4 Å². The highest BCUT2D eigenvalue weighted by Gasteiger charge is 2.24. The van der Waals surface area contributed by atoms with E-state index >= 15 is 0 Å². The van der Waals surface area contributed by atoms with Crippen LogP contribution in [0.3, 0.4) is 0 Å². The number of aromatic amines is 1. The van der Waals surface area contributed by atoms with E-state index in [-0.39, 0.29) is 6.10 Å². The third kappa shape index (κ3) is 3.57. The van der Waals surface area contributed by atoms with Gasteiger partial charge >= 0.3 is 0 Å². The molecule has 1 aromatic heterocycles. The molecule has 118 valence electrons. The summed E-state index contributed by atoms with van der Waals surface area (Å²) in [5, 5.41) is 9.85. The lowest BCUT2D eigenvalue weighted by Gasteiger charge is -2.32. The Morgan fingerprint density at radius 1 is 1.36 bits per heavy atom. The zero-order chi connectivity index (χ0) is 15.4. The van der Waals surface area contributed by atoms with Crippen molar-refractivity contribution in [2.75, 3.05) is 19.6 Å². The Morgan fingerprint density at radius 2 is 2.18 bits per heavy atom. The summed E-state index contributed by atoms with van der Waals surface area (Å²) in [6, 6.07) is 10.3. The summed E-state index contributed by atoms with van der Waals surface area (Å²) in [4.78, 5) is 10.5. The van der Waals surface area contributed by atoms with Crippen molar-refractivity contribution in [2.24, 2.45) is 0 Å². The molecular weight excluding hydrogens is 274 g/mol. The minimum absolute atomic E-state index is 0.213. The third-order valence-electron chi connectivity index (χ3n) is 4.51. The molecule has 0 unspecified atom stereocenters. The van der Waals surface area contributed by atoms with Crippen LogP contribution in [0.4, 0.5) is 0 Å². The van der Waals surface area contributed by atoms with Crippen LogP contribution in [0.2, 0.25) is 0 Å². The van der Waals surface area contributed by atoms with Gasteiger partial charge in [-0.3, -0.25) is 0 Å². The van der Waals surface area contributed by atoms with Crippen LogP contribution in [0.1, 0.15) is 37.9 Å². The fourth-order valence-electron chi connectivity index (χ4n) is 3.18. The van der Waals surface area contributed by atoms with Crippen molar-refractivity contribution in [2.45, 2.75) is 38.2 Å². The fourth-order valence-corrected chi connectivity index (χ4v) is 3.18. The second-order valence-electron chi connectivity index (χ2n) is 6.21. The summed E-state index contributed by atoms with van der Waals surface area (Å²) in [5.74, 6) is 1.52. The Morgan fingerprint density at radius 3 is 2.95 bits per heavy atom. The van der Waals surface area contributed by atoms with Gasteiger partial charge in [-0.1, -0.05) is 37.3 Å². The van der Waals surface area contributed by atoms with Gasteiger partial charge in [-0.15, -0.1) is 0 Å². The average Bonchev–Trinajstić information content (AvgIpc) is 3.06. The molecule has 0 aliphatic carbocycles. The highest BCUT2D eigenvalue weighted by Crippen LogP contribution is 2.27. The van der Waals surface area contributed by atoms with Gasteiger partial charge in [-0.25, -0.2) is 4.98 Å². The standard InChI is InChI=1S/C18H25N3O/c1-2-16(22)13-21-10-6-9-15(12-21)18-19-11-17(20-18)14-7-4-3-5-8-14/h3-5,7-8,11,15-16,22H,2,6,9-10,12-13H2,1H3,(H,19,20)/t15-,16+/m1/s1. The molecule has 1 aromatic carbocycles. The molecule has 22 heavy (non-hydrogen) atoms. The Bertz CT molecular complexity index is 581. The molecule has 1 saturated heterocycles. The third-order valence-corrected chi connectivity index (χ3v) is 4.51. The molecule has 1 aliphatic rings. The number of aliphatic hydroxyl groups excluding tert-OH is 1. The first-order valence-corrected chi connectivity index (χ1v) is 8.27. The maximum atomic E-state index is 9.85. The van der Waals surface area contributed by atoms with Gasteiger partial charge in [0.15, 0.2) is 0 Å². The summed E-state index contributed by atoms with van der Waals surface area (Å²) in [5.41, 5.74) is 2.26. The van der Waals surface area contributed by atoms with E-state index in [1.165, 1.54) is 18.4 Å². The minimum atomic E-state index is -0.213. The van der Waals surface area contributed by atoms with Crippen LogP contribution < -0.4 is 0 Å². The van der Waals surface area contributed by atoms with Gasteiger partial charge in [0.25, 0.3) is 0 Å². The number of likely N-dealkylation sites (tertiary alicyclic amines) is 1. The van der Waals surface area contributed by atoms with E-state index in [0.717, 1.165) is 37.6 Å². The highest BCUT2D eigenvalue weighted by atomic mass is 16.3. The Balaban J connectivity index is 1.68. The second kappa shape index (κ2) is 7.07. The van der Waals surface area contributed by atoms with E-state index in [4.69, 9.17) is 0 Å². The number of aromatic nitrogens is 2. The predicted octanol–water partition coefficient (Wildman–Crippen LogP) is 3.03. The van der Waals surface area contributed by atoms with E-state index in [1.807, 2.05) is 31.3 Å². The fraction of sp³-hybridized carbons (Fsp3) is 0.500. The van der Waals surface area contributed by atoms with E-state index in [9.17, 15) is 5.11 Å². The number of H-pyrrole nitrogens is 1. The molecule has 0 saturated carbocycles. The van der Waals surface area contributed by atoms with Crippen LogP contribution in [-0.2, 0) is 0 Å². The largest absolute Gasteiger partial charge is 0.392 e. The lowest BCUT2D eigenvalue weighted by molar-refractivity contribution is 0.0919. The first-order chi connectivity index (χ1) is 10.8. The Labute approximate surface area is 132 Å². The van der Waals surface area contributed by atoms with Crippen molar-refractivity contribution in [3.8, 4) is 11.3 Å². The maximum absolute atomic E-state index is 9.85. The number of β-amino-alcohol motifs (C(OH)–C–C–N with tert-alkyl or cyclic N) is 1. The first-order valence-electron chi connectivity index (χ1n) is 8.27. The first kappa shape index (κ1) is 15.3. The van der Waals surface area contributed by atoms with Crippen LogP contribution in [-0.4, -0.2) is 45.7 Å². The summed E-state index contributed by atoms with van der Waals surface area (Å²) >= 11 is 0. The Kier molecular flexibility index (Phi) is 4.90. The summed E-state index contributed by atoms with van der Waals surface area (Å²) in [7, 11) is 0. The quantitative estimate of drug-likeness (QED) is 0.892. The summed E-state index contributed by atoms with van der Waals surface area (Å²) in [6.07, 6.45) is 4.88. The molecule has 2 aromatic rings. The number of hydrogen-bond donors (Lipinski definition) is 2. The highest BCUT2D eigenvalue weighted by molar-refractivity contribution is 5.58. The lowest BCUT2D eigenvalue weighted by atomic mass is 9.97. The van der Waals surface area contributed by atoms with E-state index in [2.05, 4.69) is 27.0 Å². The number of benzene rings is 1. The number of rotatable bonds is 5. The number of hydrogen-bond acceptors (Lipinski definition) is 3. The molecule has 2 N–H and O–H groups in total. The average molecular weight is 299 g/mol. The molecule has 2 heterocycles. The van der Waals surface area contributed by atoms with Gasteiger partial charge in [-0.2, -0.15) is 0 Å². The molecule has 1 fully saturated rings. The van der Waals surface area contributed by atoms with Crippen molar-refractivity contribution in [1.82, 2.24) is 14.9 Å². The van der Waals surface area contributed by atoms with Gasteiger partial charge in [0.1, 0.15) is 5.82 Å². The molecule has 0 amide bonds. The van der Waals surface area contributed by atoms with E-state index in [1.54, 1.807) is 0 Å². The van der Waals surface area contributed by atoms with Crippen molar-refractivity contribution >= 4 is 0 Å². The molecule has 2 atom stereocenters. The minimum Gasteiger partial charge on any atom is -0.392 e. The van der Waals surface area contributed by atoms with Crippen molar-refractivity contribution in [1.29, 1.82) is 0 Å². The van der Waals surface area contributed by atoms with Gasteiger partial charge < -0.3 is 15.0 Å². The molecule has 4 nitrogen and oxygen atoms in total. The van der Waals surface area contributed by atoms with E-state index in [0.29, 0.717) is 5.92 Å². The zero-order valence-electron chi connectivity index (χ0n) is 13.2. The van der Waals surface area contributed by atoms with Gasteiger partial charge in [0, 0.05) is 19.0 Å². The summed E-state index contributed by atoms with van der Waals surface area (Å²) in [6.45, 7) is 4.88. The molecule has 0 bridgehead atoms. The summed E-state index contributed by atoms with van der Waals surface area (Å²) < 4.78 is 0. The number of nitrogens with one attached hydrogen (secondary N) is 1. The molecule has 4 heteroatoms. The second-order valence-corrected chi connectivity index (χ2v) is 6.21. The molecular formula is C18H25N3O. The monoisotopic (exact) mass is 299 g/mol. The van der Waals surface area contributed by atoms with Crippen LogP contribution in [0.5, 0.6) is 0 Å². The maximum Gasteiger partial charge on any atom is 0.110 e. The SMILES string of the molecule is CC[C@H](O)CN1CCC[C@@H](c2ncc(-c3ccccc3)[nH]2)C1. The van der Waals surface area contributed by atoms with Crippen molar-refractivity contribution in [3.05, 3.63) is 42.4 Å². The Hall–Kier alpha value is -1.65. The topological polar surface area (TPSA) is 52.1 Å². The van der Waals surface area contributed by atoms with Gasteiger partial charge in [0.05, 0.1) is 18.0 Å².